The van der Waals surface area contributed by atoms with Crippen molar-refractivity contribution < 1.29 is 14.3 Å². The first-order valence-electron chi connectivity index (χ1n) is 9.01. The summed E-state index contributed by atoms with van der Waals surface area (Å²) in [4.78, 5) is 34.3. The minimum absolute atomic E-state index is 0.103. The second-order valence-electron chi connectivity index (χ2n) is 6.40. The number of halogens is 1. The fourth-order valence-corrected chi connectivity index (χ4v) is 3.17. The van der Waals surface area contributed by atoms with E-state index in [9.17, 15) is 9.59 Å². The molecular formula is C19H22ClN5O3. The molecule has 0 saturated carbocycles. The number of carbonyl (C=O) groups is 2. The highest BCUT2D eigenvalue weighted by Gasteiger charge is 2.26. The number of carbonyl (C=O) groups excluding carboxylic acids is 2. The third kappa shape index (κ3) is 5.10. The van der Waals surface area contributed by atoms with Crippen molar-refractivity contribution in [2.24, 2.45) is 5.92 Å². The van der Waals surface area contributed by atoms with Gasteiger partial charge in [0.15, 0.2) is 0 Å². The molecule has 28 heavy (non-hydrogen) atoms. The number of esters is 1. The van der Waals surface area contributed by atoms with Crippen LogP contribution in [0.4, 0.5) is 17.5 Å². The fourth-order valence-electron chi connectivity index (χ4n) is 2.99. The number of benzene rings is 1. The molecule has 1 aromatic carbocycles. The van der Waals surface area contributed by atoms with Crippen LogP contribution in [0.5, 0.6) is 0 Å². The molecule has 1 aliphatic heterocycles. The van der Waals surface area contributed by atoms with E-state index in [2.05, 4.69) is 25.3 Å². The van der Waals surface area contributed by atoms with Gasteiger partial charge in [-0.1, -0.05) is 23.7 Å². The summed E-state index contributed by atoms with van der Waals surface area (Å²) in [5, 5.41) is 6.42. The average molecular weight is 404 g/mol. The van der Waals surface area contributed by atoms with E-state index < -0.39 is 5.97 Å². The summed E-state index contributed by atoms with van der Waals surface area (Å²) in [6, 6.07) is 9.22. The topological polar surface area (TPSA) is 96.5 Å². The van der Waals surface area contributed by atoms with Crippen LogP contribution in [-0.4, -0.2) is 48.6 Å². The first-order valence-corrected chi connectivity index (χ1v) is 9.38. The minimum Gasteiger partial charge on any atom is -0.468 e. The van der Waals surface area contributed by atoms with Crippen LogP contribution in [0.25, 0.3) is 0 Å². The molecule has 148 valence electrons. The van der Waals surface area contributed by atoms with E-state index in [1.165, 1.54) is 7.11 Å². The lowest BCUT2D eigenvalue weighted by atomic mass is 9.96. The van der Waals surface area contributed by atoms with Crippen molar-refractivity contribution in [3.8, 4) is 0 Å². The predicted molar refractivity (Wildman–Crippen MR) is 107 cm³/mol. The molecule has 0 unspecified atom stereocenters. The standard InChI is InChI=1S/C19H22ClN5O3/c1-28-17(26)12-22-18(27)13-7-10-25(11-8-13)19-21-9-6-16(24-19)23-15-5-3-2-4-14(15)20/h2-6,9,13H,7-8,10-12H2,1H3,(H,22,27)(H,21,23,24). The number of nitrogens with one attached hydrogen (secondary N) is 2. The molecule has 1 aliphatic rings. The van der Waals surface area contributed by atoms with Crippen LogP contribution < -0.4 is 15.5 Å². The maximum atomic E-state index is 12.2. The number of hydrogen-bond donors (Lipinski definition) is 2. The summed E-state index contributed by atoms with van der Waals surface area (Å²) in [6.07, 6.45) is 3.02. The fraction of sp³-hybridized carbons (Fsp3) is 0.368. The van der Waals surface area contributed by atoms with Gasteiger partial charge in [0.05, 0.1) is 17.8 Å². The highest BCUT2D eigenvalue weighted by Crippen LogP contribution is 2.25. The minimum atomic E-state index is -0.456. The lowest BCUT2D eigenvalue weighted by Crippen LogP contribution is -2.42. The number of aromatic nitrogens is 2. The van der Waals surface area contributed by atoms with Gasteiger partial charge in [0.1, 0.15) is 12.4 Å². The Kier molecular flexibility index (Phi) is 6.65. The van der Waals surface area contributed by atoms with Gasteiger partial charge in [0.25, 0.3) is 0 Å². The molecule has 9 heteroatoms. The van der Waals surface area contributed by atoms with Crippen LogP contribution in [0.3, 0.4) is 0 Å². The van der Waals surface area contributed by atoms with E-state index in [1.807, 2.05) is 29.2 Å². The van der Waals surface area contributed by atoms with Crippen molar-refractivity contribution in [3.63, 3.8) is 0 Å². The van der Waals surface area contributed by atoms with Gasteiger partial charge < -0.3 is 20.3 Å². The second kappa shape index (κ2) is 9.36. The SMILES string of the molecule is COC(=O)CNC(=O)C1CCN(c2nccc(Nc3ccccc3Cl)n2)CC1. The molecule has 1 fully saturated rings. The van der Waals surface area contributed by atoms with Crippen molar-refractivity contribution in [2.75, 3.05) is 37.0 Å². The summed E-state index contributed by atoms with van der Waals surface area (Å²) >= 11 is 6.18. The number of rotatable bonds is 6. The number of para-hydroxylation sites is 1. The molecule has 0 atom stereocenters. The monoisotopic (exact) mass is 403 g/mol. The Balaban J connectivity index is 1.56. The zero-order chi connectivity index (χ0) is 19.9. The molecule has 8 nitrogen and oxygen atoms in total. The Morgan fingerprint density at radius 2 is 2.00 bits per heavy atom. The molecule has 1 amide bonds. The summed E-state index contributed by atoms with van der Waals surface area (Å²) in [7, 11) is 1.29. The molecule has 0 bridgehead atoms. The van der Waals surface area contributed by atoms with E-state index >= 15 is 0 Å². The summed E-state index contributed by atoms with van der Waals surface area (Å²) < 4.78 is 4.53. The normalized spacial score (nSPS) is 14.4. The highest BCUT2D eigenvalue weighted by molar-refractivity contribution is 6.33. The van der Waals surface area contributed by atoms with E-state index in [-0.39, 0.29) is 18.4 Å². The first-order chi connectivity index (χ1) is 13.6. The number of ether oxygens (including phenoxy) is 1. The Morgan fingerprint density at radius 3 is 2.71 bits per heavy atom. The predicted octanol–water partition coefficient (Wildman–Crippen LogP) is 2.38. The number of nitrogens with zero attached hydrogens (tertiary/aromatic N) is 3. The molecule has 2 N–H and O–H groups in total. The highest BCUT2D eigenvalue weighted by atomic mass is 35.5. The Morgan fingerprint density at radius 1 is 1.25 bits per heavy atom. The summed E-state index contributed by atoms with van der Waals surface area (Å²) in [5.74, 6) is 0.536. The largest absolute Gasteiger partial charge is 0.468 e. The van der Waals surface area contributed by atoms with Gasteiger partial charge in [0.2, 0.25) is 11.9 Å². The Labute approximate surface area is 168 Å². The molecule has 0 aliphatic carbocycles. The maximum absolute atomic E-state index is 12.2. The van der Waals surface area contributed by atoms with E-state index in [4.69, 9.17) is 11.6 Å². The van der Waals surface area contributed by atoms with Crippen LogP contribution in [0.2, 0.25) is 5.02 Å². The summed E-state index contributed by atoms with van der Waals surface area (Å²) in [6.45, 7) is 1.21. The van der Waals surface area contributed by atoms with E-state index in [1.54, 1.807) is 12.3 Å². The van der Waals surface area contributed by atoms with Crippen molar-refractivity contribution in [1.82, 2.24) is 15.3 Å². The van der Waals surface area contributed by atoms with E-state index in [0.717, 1.165) is 5.69 Å². The zero-order valence-corrected chi connectivity index (χ0v) is 16.3. The maximum Gasteiger partial charge on any atom is 0.325 e. The van der Waals surface area contributed by atoms with Crippen molar-refractivity contribution >= 4 is 40.9 Å². The van der Waals surface area contributed by atoms with Crippen LogP contribution in [-0.2, 0) is 14.3 Å². The number of anilines is 3. The van der Waals surface area contributed by atoms with Gasteiger partial charge in [-0.15, -0.1) is 0 Å². The van der Waals surface area contributed by atoms with Gasteiger partial charge >= 0.3 is 5.97 Å². The lowest BCUT2D eigenvalue weighted by molar-refractivity contribution is -0.141. The molecule has 2 heterocycles. The van der Waals surface area contributed by atoms with Crippen molar-refractivity contribution in [3.05, 3.63) is 41.6 Å². The molecule has 0 radical (unpaired) electrons. The summed E-state index contributed by atoms with van der Waals surface area (Å²) in [5.41, 5.74) is 0.773. The van der Waals surface area contributed by atoms with Crippen LogP contribution in [0, 0.1) is 5.92 Å². The van der Waals surface area contributed by atoms with Gasteiger partial charge in [-0.3, -0.25) is 9.59 Å². The molecule has 2 aromatic rings. The molecule has 1 saturated heterocycles. The van der Waals surface area contributed by atoms with Crippen molar-refractivity contribution in [1.29, 1.82) is 0 Å². The van der Waals surface area contributed by atoms with Crippen LogP contribution >= 0.6 is 11.6 Å². The number of piperidine rings is 1. The second-order valence-corrected chi connectivity index (χ2v) is 6.81. The number of amides is 1. The molecule has 1 aromatic heterocycles. The zero-order valence-electron chi connectivity index (χ0n) is 15.5. The lowest BCUT2D eigenvalue weighted by Gasteiger charge is -2.31. The number of hydrogen-bond acceptors (Lipinski definition) is 7. The average Bonchev–Trinajstić information content (AvgIpc) is 2.73. The van der Waals surface area contributed by atoms with Gasteiger partial charge in [0, 0.05) is 25.2 Å². The van der Waals surface area contributed by atoms with E-state index in [0.29, 0.717) is 42.7 Å². The third-order valence-electron chi connectivity index (χ3n) is 4.56. The van der Waals surface area contributed by atoms with Gasteiger partial charge in [-0.05, 0) is 31.0 Å². The molecule has 0 spiro atoms. The number of methoxy groups -OCH3 is 1. The molecular weight excluding hydrogens is 382 g/mol. The first kappa shape index (κ1) is 19.9. The third-order valence-corrected chi connectivity index (χ3v) is 4.89. The van der Waals surface area contributed by atoms with Gasteiger partial charge in [-0.2, -0.15) is 4.98 Å². The quantitative estimate of drug-likeness (QED) is 0.715. The van der Waals surface area contributed by atoms with Crippen LogP contribution in [0.1, 0.15) is 12.8 Å². The Bertz CT molecular complexity index is 840. The van der Waals surface area contributed by atoms with Gasteiger partial charge in [-0.25, -0.2) is 4.98 Å². The van der Waals surface area contributed by atoms with Crippen molar-refractivity contribution in [2.45, 2.75) is 12.8 Å². The Hall–Kier alpha value is -2.87. The van der Waals surface area contributed by atoms with Crippen LogP contribution in [0.15, 0.2) is 36.5 Å². The molecule has 3 rings (SSSR count). The smallest absolute Gasteiger partial charge is 0.325 e.